The Hall–Kier alpha value is -2.21. The molecule has 0 radical (unpaired) electrons. The van der Waals surface area contributed by atoms with Gasteiger partial charge in [-0.15, -0.1) is 5.10 Å². The van der Waals surface area contributed by atoms with Crippen LogP contribution in [0.5, 0.6) is 0 Å². The number of carboxylic acid groups (broad SMARTS) is 1. The molecule has 1 aromatic heterocycles. The minimum Gasteiger partial charge on any atom is -0.481 e. The lowest BCUT2D eigenvalue weighted by atomic mass is 10.1. The Morgan fingerprint density at radius 3 is 2.75 bits per heavy atom. The maximum Gasteiger partial charge on any atom is 0.309 e. The average molecular weight is 332 g/mol. The molecule has 1 N–H and O–H groups in total. The molecule has 0 atom stereocenters. The van der Waals surface area contributed by atoms with Gasteiger partial charge < -0.3 is 5.11 Å². The number of aliphatic carboxylic acids is 1. The van der Waals surface area contributed by atoms with Crippen molar-refractivity contribution in [2.45, 2.75) is 6.42 Å². The minimum absolute atomic E-state index is 0.106. The highest BCUT2D eigenvalue weighted by Gasteiger charge is 2.10. The standard InChI is InChI=1S/C14H10BrN3O2/c15-11-3-1-10-6-12(4-2-9(10)5-11)18-13(7-14(19)20)8-16-17-18/h1-6,8H,7H2,(H,19,20). The van der Waals surface area contributed by atoms with E-state index in [-0.39, 0.29) is 6.42 Å². The SMILES string of the molecule is O=C(O)Cc1cnnn1-c1ccc2cc(Br)ccc2c1. The van der Waals surface area contributed by atoms with Crippen LogP contribution in [-0.4, -0.2) is 26.1 Å². The Balaban J connectivity index is 2.08. The van der Waals surface area contributed by atoms with Gasteiger partial charge >= 0.3 is 5.97 Å². The largest absolute Gasteiger partial charge is 0.481 e. The molecule has 0 unspecified atom stereocenters. The number of benzene rings is 2. The number of hydrogen-bond acceptors (Lipinski definition) is 3. The molecular weight excluding hydrogens is 322 g/mol. The van der Waals surface area contributed by atoms with Gasteiger partial charge in [-0.25, -0.2) is 4.68 Å². The molecule has 20 heavy (non-hydrogen) atoms. The van der Waals surface area contributed by atoms with Crippen molar-refractivity contribution >= 4 is 32.7 Å². The van der Waals surface area contributed by atoms with Crippen molar-refractivity contribution in [3.63, 3.8) is 0 Å². The molecule has 0 aliphatic heterocycles. The van der Waals surface area contributed by atoms with Crippen molar-refractivity contribution in [2.75, 3.05) is 0 Å². The van der Waals surface area contributed by atoms with Crippen LogP contribution in [0.3, 0.4) is 0 Å². The molecule has 3 rings (SSSR count). The second kappa shape index (κ2) is 5.05. The molecule has 0 aliphatic carbocycles. The van der Waals surface area contributed by atoms with E-state index in [1.165, 1.54) is 6.20 Å². The summed E-state index contributed by atoms with van der Waals surface area (Å²) >= 11 is 3.44. The van der Waals surface area contributed by atoms with Crippen molar-refractivity contribution in [1.29, 1.82) is 0 Å². The zero-order chi connectivity index (χ0) is 14.1. The summed E-state index contributed by atoms with van der Waals surface area (Å²) in [6.45, 7) is 0. The van der Waals surface area contributed by atoms with Crippen molar-refractivity contribution in [3.8, 4) is 5.69 Å². The number of halogens is 1. The quantitative estimate of drug-likeness (QED) is 0.801. The molecule has 0 saturated carbocycles. The zero-order valence-corrected chi connectivity index (χ0v) is 11.9. The van der Waals surface area contributed by atoms with E-state index in [0.717, 1.165) is 20.9 Å². The number of nitrogens with zero attached hydrogens (tertiary/aromatic N) is 3. The van der Waals surface area contributed by atoms with E-state index in [1.54, 1.807) is 4.68 Å². The molecule has 0 amide bonds. The fourth-order valence-electron chi connectivity index (χ4n) is 2.08. The highest BCUT2D eigenvalue weighted by atomic mass is 79.9. The van der Waals surface area contributed by atoms with Crippen LogP contribution in [0.1, 0.15) is 5.69 Å². The summed E-state index contributed by atoms with van der Waals surface area (Å²) < 4.78 is 2.57. The van der Waals surface area contributed by atoms with E-state index in [2.05, 4.69) is 26.2 Å². The van der Waals surface area contributed by atoms with Crippen LogP contribution in [-0.2, 0) is 11.2 Å². The van der Waals surface area contributed by atoms with E-state index in [9.17, 15) is 4.79 Å². The van der Waals surface area contributed by atoms with Crippen molar-refractivity contribution in [2.24, 2.45) is 0 Å². The topological polar surface area (TPSA) is 68.0 Å². The van der Waals surface area contributed by atoms with Gasteiger partial charge in [0.1, 0.15) is 0 Å². The lowest BCUT2D eigenvalue weighted by Crippen LogP contribution is -2.07. The molecule has 0 aliphatic rings. The van der Waals surface area contributed by atoms with Gasteiger partial charge in [-0.05, 0) is 35.0 Å². The van der Waals surface area contributed by atoms with Crippen LogP contribution in [0.4, 0.5) is 0 Å². The fraction of sp³-hybridized carbons (Fsp3) is 0.0714. The minimum atomic E-state index is -0.904. The first-order valence-electron chi connectivity index (χ1n) is 5.94. The predicted molar refractivity (Wildman–Crippen MR) is 77.9 cm³/mol. The Morgan fingerprint density at radius 2 is 1.95 bits per heavy atom. The van der Waals surface area contributed by atoms with E-state index in [4.69, 9.17) is 5.11 Å². The highest BCUT2D eigenvalue weighted by Crippen LogP contribution is 2.22. The Labute approximate surface area is 123 Å². The highest BCUT2D eigenvalue weighted by molar-refractivity contribution is 9.10. The molecule has 1 heterocycles. The predicted octanol–water partition coefficient (Wildman–Crippen LogP) is 2.81. The maximum absolute atomic E-state index is 10.8. The van der Waals surface area contributed by atoms with Gasteiger partial charge in [0.05, 0.1) is 24.0 Å². The van der Waals surface area contributed by atoms with E-state index < -0.39 is 5.97 Å². The third-order valence-electron chi connectivity index (χ3n) is 2.98. The average Bonchev–Trinajstić information content (AvgIpc) is 2.85. The molecule has 0 spiro atoms. The summed E-state index contributed by atoms with van der Waals surface area (Å²) in [5.41, 5.74) is 1.35. The molecule has 2 aromatic carbocycles. The van der Waals surface area contributed by atoms with E-state index >= 15 is 0 Å². The fourth-order valence-corrected chi connectivity index (χ4v) is 2.46. The first-order chi connectivity index (χ1) is 9.63. The first-order valence-corrected chi connectivity index (χ1v) is 6.74. The van der Waals surface area contributed by atoms with Crippen LogP contribution in [0.15, 0.2) is 47.1 Å². The van der Waals surface area contributed by atoms with Crippen molar-refractivity contribution in [1.82, 2.24) is 15.0 Å². The second-order valence-corrected chi connectivity index (χ2v) is 5.30. The normalized spacial score (nSPS) is 10.8. The summed E-state index contributed by atoms with van der Waals surface area (Å²) in [5.74, 6) is -0.904. The molecule has 0 fully saturated rings. The summed E-state index contributed by atoms with van der Waals surface area (Å²) in [6.07, 6.45) is 1.37. The lowest BCUT2D eigenvalue weighted by Gasteiger charge is -2.06. The number of hydrogen-bond donors (Lipinski definition) is 1. The van der Waals surface area contributed by atoms with E-state index in [0.29, 0.717) is 5.69 Å². The Morgan fingerprint density at radius 1 is 1.20 bits per heavy atom. The molecule has 0 bridgehead atoms. The van der Waals surface area contributed by atoms with Crippen molar-refractivity contribution in [3.05, 3.63) is 52.8 Å². The smallest absolute Gasteiger partial charge is 0.309 e. The summed E-state index contributed by atoms with van der Waals surface area (Å²) in [6, 6.07) is 11.8. The summed E-state index contributed by atoms with van der Waals surface area (Å²) in [5, 5.41) is 18.8. The zero-order valence-electron chi connectivity index (χ0n) is 10.3. The van der Waals surface area contributed by atoms with Crippen LogP contribution >= 0.6 is 15.9 Å². The molecular formula is C14H10BrN3O2. The van der Waals surface area contributed by atoms with Gasteiger partial charge in [0.15, 0.2) is 0 Å². The molecule has 5 nitrogen and oxygen atoms in total. The van der Waals surface area contributed by atoms with Gasteiger partial charge in [0.25, 0.3) is 0 Å². The number of carbonyl (C=O) groups is 1. The third kappa shape index (κ3) is 2.42. The van der Waals surface area contributed by atoms with Crippen LogP contribution in [0.25, 0.3) is 16.5 Å². The number of carboxylic acids is 1. The molecule has 100 valence electrons. The van der Waals surface area contributed by atoms with Gasteiger partial charge in [-0.1, -0.05) is 33.3 Å². The van der Waals surface area contributed by atoms with Crippen LogP contribution in [0, 0.1) is 0 Å². The van der Waals surface area contributed by atoms with Crippen LogP contribution < -0.4 is 0 Å². The number of fused-ring (bicyclic) bond motifs is 1. The third-order valence-corrected chi connectivity index (χ3v) is 3.48. The molecule has 3 aromatic rings. The number of rotatable bonds is 3. The maximum atomic E-state index is 10.8. The van der Waals surface area contributed by atoms with Crippen molar-refractivity contribution < 1.29 is 9.90 Å². The lowest BCUT2D eigenvalue weighted by molar-refractivity contribution is -0.136. The first kappa shape index (κ1) is 12.8. The Kier molecular flexibility index (Phi) is 3.23. The summed E-state index contributed by atoms with van der Waals surface area (Å²) in [4.78, 5) is 10.8. The van der Waals surface area contributed by atoms with Gasteiger partial charge in [-0.2, -0.15) is 0 Å². The monoisotopic (exact) mass is 331 g/mol. The summed E-state index contributed by atoms with van der Waals surface area (Å²) in [7, 11) is 0. The van der Waals surface area contributed by atoms with Crippen LogP contribution in [0.2, 0.25) is 0 Å². The van der Waals surface area contributed by atoms with Gasteiger partial charge in [-0.3, -0.25) is 4.79 Å². The molecule has 6 heteroatoms. The number of aromatic nitrogens is 3. The van der Waals surface area contributed by atoms with E-state index in [1.807, 2.05) is 36.4 Å². The Bertz CT molecular complexity index is 798. The molecule has 0 saturated heterocycles. The van der Waals surface area contributed by atoms with Gasteiger partial charge in [0.2, 0.25) is 0 Å². The second-order valence-electron chi connectivity index (χ2n) is 4.38. The van der Waals surface area contributed by atoms with Gasteiger partial charge in [0, 0.05) is 4.47 Å².